The largest absolute Gasteiger partial charge is 0.419 e. The van der Waals surface area contributed by atoms with Crippen LogP contribution in [0.1, 0.15) is 5.56 Å². The number of benzene rings is 3. The quantitative estimate of drug-likeness (QED) is 0.467. The normalized spacial score (nSPS) is 11.6. The summed E-state index contributed by atoms with van der Waals surface area (Å²) in [6.45, 7) is 0. The third-order valence-electron chi connectivity index (χ3n) is 4.44. The second-order valence-electron chi connectivity index (χ2n) is 6.43. The van der Waals surface area contributed by atoms with E-state index in [1.165, 1.54) is 16.7 Å². The Kier molecular flexibility index (Phi) is 5.21. The molecular weight excluding hydrogens is 408 g/mol. The lowest BCUT2D eigenvalue weighted by atomic mass is 10.2. The van der Waals surface area contributed by atoms with Crippen LogP contribution < -0.4 is 10.5 Å². The maximum Gasteiger partial charge on any atom is 0.419 e. The Labute approximate surface area is 172 Å². The van der Waals surface area contributed by atoms with Crippen molar-refractivity contribution in [3.63, 3.8) is 0 Å². The summed E-state index contributed by atoms with van der Waals surface area (Å²) in [5.41, 5.74) is 2.42. The maximum atomic E-state index is 12.9. The van der Waals surface area contributed by atoms with Gasteiger partial charge in [0.2, 0.25) is 0 Å². The van der Waals surface area contributed by atoms with E-state index in [4.69, 9.17) is 4.42 Å². The number of thioether (sulfide) groups is 1. The van der Waals surface area contributed by atoms with E-state index in [1.807, 2.05) is 42.5 Å². The van der Waals surface area contributed by atoms with Crippen molar-refractivity contribution in [1.29, 1.82) is 0 Å². The van der Waals surface area contributed by atoms with Gasteiger partial charge in [0.1, 0.15) is 0 Å². The molecule has 4 aromatic rings. The van der Waals surface area contributed by atoms with Gasteiger partial charge in [-0.15, -0.1) is 11.8 Å². The summed E-state index contributed by atoms with van der Waals surface area (Å²) in [5.74, 6) is 0.186. The molecule has 0 atom stereocenters. The van der Waals surface area contributed by atoms with Crippen molar-refractivity contribution in [2.45, 2.75) is 15.5 Å². The number of hydrogen-bond acceptors (Lipinski definition) is 5. The summed E-state index contributed by atoms with van der Waals surface area (Å²) in [6, 6.07) is 21.6. The van der Waals surface area contributed by atoms with Gasteiger partial charge in [-0.2, -0.15) is 0 Å². The van der Waals surface area contributed by atoms with E-state index in [1.54, 1.807) is 37.0 Å². The fraction of sp³-hybridized carbons (Fsp3) is 0.0952. The molecule has 1 heterocycles. The van der Waals surface area contributed by atoms with E-state index in [-0.39, 0.29) is 10.5 Å². The molecule has 0 aliphatic carbocycles. The predicted octanol–water partition coefficient (Wildman–Crippen LogP) is 4.22. The standard InChI is InChI=1S/C21H18N2O4S2/c1-23-18-12-11-16(13-19(18)27-21(23)24)29(25,26)22-17-9-5-6-10-20(17)28-14-15-7-3-2-4-8-15/h2-13,22H,14H2,1H3. The fourth-order valence-electron chi connectivity index (χ4n) is 2.90. The molecule has 0 spiro atoms. The summed E-state index contributed by atoms with van der Waals surface area (Å²) in [5, 5.41) is 0. The average Bonchev–Trinajstić information content (AvgIpc) is 3.01. The van der Waals surface area contributed by atoms with Gasteiger partial charge < -0.3 is 4.42 Å². The SMILES string of the molecule is Cn1c(=O)oc2cc(S(=O)(=O)Nc3ccccc3SCc3ccccc3)ccc21. The molecule has 0 fully saturated rings. The average molecular weight is 427 g/mol. The molecule has 6 nitrogen and oxygen atoms in total. The molecule has 4 rings (SSSR count). The number of nitrogens with one attached hydrogen (secondary N) is 1. The Bertz CT molecular complexity index is 1330. The number of nitrogens with zero attached hydrogens (tertiary/aromatic N) is 1. The van der Waals surface area contributed by atoms with Crippen molar-refractivity contribution < 1.29 is 12.8 Å². The van der Waals surface area contributed by atoms with Crippen LogP contribution in [0.25, 0.3) is 11.1 Å². The number of fused-ring (bicyclic) bond motifs is 1. The van der Waals surface area contributed by atoms with Crippen LogP contribution in [-0.4, -0.2) is 13.0 Å². The van der Waals surface area contributed by atoms with Gasteiger partial charge in [-0.3, -0.25) is 9.29 Å². The summed E-state index contributed by atoms with van der Waals surface area (Å²) in [4.78, 5) is 12.5. The summed E-state index contributed by atoms with van der Waals surface area (Å²) in [6.07, 6.45) is 0. The van der Waals surface area contributed by atoms with Crippen LogP contribution in [0.2, 0.25) is 0 Å². The first-order valence-corrected chi connectivity index (χ1v) is 11.3. The van der Waals surface area contributed by atoms with Gasteiger partial charge in [-0.1, -0.05) is 42.5 Å². The van der Waals surface area contributed by atoms with Crippen LogP contribution >= 0.6 is 11.8 Å². The van der Waals surface area contributed by atoms with Crippen molar-refractivity contribution in [2.75, 3.05) is 4.72 Å². The van der Waals surface area contributed by atoms with Crippen LogP contribution in [0, 0.1) is 0 Å². The van der Waals surface area contributed by atoms with Crippen LogP contribution in [0.4, 0.5) is 5.69 Å². The van der Waals surface area contributed by atoms with Crippen LogP contribution in [0.3, 0.4) is 0 Å². The molecule has 8 heteroatoms. The van der Waals surface area contributed by atoms with Crippen molar-refractivity contribution in [1.82, 2.24) is 4.57 Å². The van der Waals surface area contributed by atoms with Gasteiger partial charge in [0.05, 0.1) is 16.1 Å². The van der Waals surface area contributed by atoms with Crippen LogP contribution in [0.5, 0.6) is 0 Å². The molecule has 148 valence electrons. The van der Waals surface area contributed by atoms with Gasteiger partial charge in [-0.05, 0) is 29.8 Å². The van der Waals surface area contributed by atoms with E-state index in [0.29, 0.717) is 11.2 Å². The molecule has 0 aliphatic rings. The third kappa shape index (κ3) is 4.08. The lowest BCUT2D eigenvalue weighted by Crippen LogP contribution is -2.13. The first kappa shape index (κ1) is 19.4. The highest BCUT2D eigenvalue weighted by Gasteiger charge is 2.18. The Morgan fingerprint density at radius 2 is 1.72 bits per heavy atom. The highest BCUT2D eigenvalue weighted by atomic mass is 32.2. The number of para-hydroxylation sites is 1. The van der Waals surface area contributed by atoms with Gasteiger partial charge in [-0.25, -0.2) is 13.2 Å². The monoisotopic (exact) mass is 426 g/mol. The van der Waals surface area contributed by atoms with Crippen molar-refractivity contribution in [3.8, 4) is 0 Å². The van der Waals surface area contributed by atoms with E-state index >= 15 is 0 Å². The minimum Gasteiger partial charge on any atom is -0.408 e. The molecule has 0 saturated heterocycles. The topological polar surface area (TPSA) is 81.3 Å². The Morgan fingerprint density at radius 1 is 1.00 bits per heavy atom. The van der Waals surface area contributed by atoms with Crippen molar-refractivity contribution in [2.24, 2.45) is 7.05 Å². The highest BCUT2D eigenvalue weighted by Crippen LogP contribution is 2.31. The number of sulfonamides is 1. The second-order valence-corrected chi connectivity index (χ2v) is 9.13. The minimum atomic E-state index is -3.85. The second kappa shape index (κ2) is 7.81. The van der Waals surface area contributed by atoms with Crippen LogP contribution in [-0.2, 0) is 22.8 Å². The summed E-state index contributed by atoms with van der Waals surface area (Å²) >= 11 is 1.55. The number of oxazole rings is 1. The Morgan fingerprint density at radius 3 is 2.52 bits per heavy atom. The molecule has 1 N–H and O–H groups in total. The van der Waals surface area contributed by atoms with E-state index in [0.717, 1.165) is 16.2 Å². The molecule has 0 bridgehead atoms. The molecule has 3 aromatic carbocycles. The minimum absolute atomic E-state index is 0.0298. The number of anilines is 1. The number of rotatable bonds is 6. The smallest absolute Gasteiger partial charge is 0.408 e. The zero-order valence-electron chi connectivity index (χ0n) is 15.5. The predicted molar refractivity (Wildman–Crippen MR) is 115 cm³/mol. The first-order valence-electron chi connectivity index (χ1n) is 8.82. The lowest BCUT2D eigenvalue weighted by molar-refractivity contribution is 0.527. The van der Waals surface area contributed by atoms with Crippen LogP contribution in [0.15, 0.2) is 91.8 Å². The van der Waals surface area contributed by atoms with Gasteiger partial charge in [0, 0.05) is 23.8 Å². The van der Waals surface area contributed by atoms with E-state index < -0.39 is 15.8 Å². The molecule has 0 unspecified atom stereocenters. The first-order chi connectivity index (χ1) is 13.9. The van der Waals surface area contributed by atoms with E-state index in [2.05, 4.69) is 4.72 Å². The Hall–Kier alpha value is -2.97. The lowest BCUT2D eigenvalue weighted by Gasteiger charge is -2.12. The van der Waals surface area contributed by atoms with Gasteiger partial charge in [0.25, 0.3) is 10.0 Å². The Balaban J connectivity index is 1.60. The van der Waals surface area contributed by atoms with Crippen molar-refractivity contribution in [3.05, 3.63) is 88.9 Å². The van der Waals surface area contributed by atoms with Gasteiger partial charge >= 0.3 is 5.76 Å². The summed E-state index contributed by atoms with van der Waals surface area (Å²) in [7, 11) is -2.28. The van der Waals surface area contributed by atoms with Gasteiger partial charge in [0.15, 0.2) is 5.58 Å². The number of aromatic nitrogens is 1. The van der Waals surface area contributed by atoms with E-state index in [9.17, 15) is 13.2 Å². The molecule has 0 amide bonds. The van der Waals surface area contributed by atoms with Crippen molar-refractivity contribution >= 4 is 38.6 Å². The molecule has 0 aliphatic heterocycles. The number of aryl methyl sites for hydroxylation is 1. The fourth-order valence-corrected chi connectivity index (χ4v) is 5.02. The molecule has 29 heavy (non-hydrogen) atoms. The molecular formula is C21H18N2O4S2. The molecule has 1 aromatic heterocycles. The third-order valence-corrected chi connectivity index (χ3v) is 6.95. The molecule has 0 radical (unpaired) electrons. The zero-order chi connectivity index (χ0) is 20.4. The zero-order valence-corrected chi connectivity index (χ0v) is 17.2. The maximum absolute atomic E-state index is 12.9. The highest BCUT2D eigenvalue weighted by molar-refractivity contribution is 7.98. The number of hydrogen-bond donors (Lipinski definition) is 1. The summed E-state index contributed by atoms with van der Waals surface area (Å²) < 4.78 is 34.9. The molecule has 0 saturated carbocycles.